The van der Waals surface area contributed by atoms with E-state index in [-0.39, 0.29) is 5.91 Å². The number of para-hydroxylation sites is 1. The molecule has 5 heteroatoms. The van der Waals surface area contributed by atoms with E-state index in [0.717, 1.165) is 35.4 Å². The van der Waals surface area contributed by atoms with Crippen LogP contribution in [-0.2, 0) is 26.9 Å². The van der Waals surface area contributed by atoms with Crippen molar-refractivity contribution in [3.8, 4) is 0 Å². The molecule has 1 aliphatic heterocycles. The third-order valence-corrected chi connectivity index (χ3v) is 5.45. The average Bonchev–Trinajstić information content (AvgIpc) is 2.63. The van der Waals surface area contributed by atoms with Crippen molar-refractivity contribution in [1.82, 2.24) is 0 Å². The first-order chi connectivity index (χ1) is 11.8. The second-order valence-electron chi connectivity index (χ2n) is 5.72. The molecule has 1 heterocycles. The van der Waals surface area contributed by atoms with E-state index in [0.29, 0.717) is 18.8 Å². The summed E-state index contributed by atoms with van der Waals surface area (Å²) in [5, 5.41) is 1.42. The quantitative estimate of drug-likeness (QED) is 0.723. The van der Waals surface area contributed by atoms with Gasteiger partial charge in [-0.1, -0.05) is 36.4 Å². The van der Waals surface area contributed by atoms with Gasteiger partial charge in [-0.2, -0.15) is 5.06 Å². The number of hydrogen-bond acceptors (Lipinski definition) is 3. The maximum atomic E-state index is 12.1. The molecular weight excluding hydrogens is 322 g/mol. The molecule has 0 aromatic heterocycles. The minimum absolute atomic E-state index is 0.00145. The second kappa shape index (κ2) is 8.22. The molecule has 2 aromatic carbocycles. The Morgan fingerprint density at radius 3 is 2.54 bits per heavy atom. The summed E-state index contributed by atoms with van der Waals surface area (Å²) >= 11 is 0. The van der Waals surface area contributed by atoms with Crippen molar-refractivity contribution in [3.63, 3.8) is 0 Å². The summed E-state index contributed by atoms with van der Waals surface area (Å²) < 4.78 is 12.1. The normalized spacial score (nSPS) is 15.2. The summed E-state index contributed by atoms with van der Waals surface area (Å²) in [7, 11) is -0.971. The van der Waals surface area contributed by atoms with Crippen LogP contribution in [0.15, 0.2) is 59.5 Å². The zero-order valence-corrected chi connectivity index (χ0v) is 14.3. The van der Waals surface area contributed by atoms with Gasteiger partial charge < -0.3 is 0 Å². The van der Waals surface area contributed by atoms with Crippen LogP contribution in [0.4, 0.5) is 5.69 Å². The molecule has 0 radical (unpaired) electrons. The highest BCUT2D eigenvalue weighted by Gasteiger charge is 2.24. The molecule has 1 amide bonds. The molecule has 1 aliphatic rings. The summed E-state index contributed by atoms with van der Waals surface area (Å²) in [6.45, 7) is 0.450. The largest absolute Gasteiger partial charge is 0.272 e. The van der Waals surface area contributed by atoms with Gasteiger partial charge in [0.05, 0.1) is 23.1 Å². The van der Waals surface area contributed by atoms with Crippen molar-refractivity contribution in [1.29, 1.82) is 0 Å². The van der Waals surface area contributed by atoms with Gasteiger partial charge >= 0.3 is 0 Å². The maximum Gasteiger partial charge on any atom is 0.251 e. The molecular formula is C19H21NO3S. The molecule has 0 fully saturated rings. The van der Waals surface area contributed by atoms with Crippen molar-refractivity contribution in [2.75, 3.05) is 17.4 Å². The Hall–Kier alpha value is -1.98. The predicted octanol–water partition coefficient (Wildman–Crippen LogP) is 3.49. The monoisotopic (exact) mass is 343 g/mol. The maximum absolute atomic E-state index is 12.1. The number of fused-ring (bicyclic) bond motifs is 1. The van der Waals surface area contributed by atoms with Crippen molar-refractivity contribution in [2.24, 2.45) is 0 Å². The van der Waals surface area contributed by atoms with Crippen LogP contribution < -0.4 is 5.06 Å². The zero-order valence-electron chi connectivity index (χ0n) is 13.5. The Kier molecular flexibility index (Phi) is 5.77. The van der Waals surface area contributed by atoms with Crippen molar-refractivity contribution >= 4 is 22.4 Å². The van der Waals surface area contributed by atoms with E-state index in [1.807, 2.05) is 54.6 Å². The molecule has 4 nitrogen and oxygen atoms in total. The van der Waals surface area contributed by atoms with Gasteiger partial charge in [0.25, 0.3) is 5.91 Å². The van der Waals surface area contributed by atoms with Gasteiger partial charge in [0.15, 0.2) is 0 Å². The number of carbonyl (C=O) groups is 1. The van der Waals surface area contributed by atoms with E-state index >= 15 is 0 Å². The number of aryl methyl sites for hydroxylation is 1. The Labute approximate surface area is 144 Å². The van der Waals surface area contributed by atoms with Gasteiger partial charge in [0, 0.05) is 17.1 Å². The lowest BCUT2D eigenvalue weighted by molar-refractivity contribution is -0.126. The lowest BCUT2D eigenvalue weighted by atomic mass is 10.0. The Bertz CT molecular complexity index is 718. The van der Waals surface area contributed by atoms with Crippen molar-refractivity contribution < 1.29 is 13.8 Å². The number of benzene rings is 2. The van der Waals surface area contributed by atoms with Crippen molar-refractivity contribution in [2.45, 2.75) is 30.6 Å². The van der Waals surface area contributed by atoms with Gasteiger partial charge in [-0.15, -0.1) is 0 Å². The van der Waals surface area contributed by atoms with E-state index in [1.165, 1.54) is 5.06 Å². The minimum atomic E-state index is -0.971. The number of carbonyl (C=O) groups excluding carboxylic acids is 1. The molecule has 1 atom stereocenters. The molecule has 0 spiro atoms. The van der Waals surface area contributed by atoms with E-state index in [4.69, 9.17) is 4.84 Å². The topological polar surface area (TPSA) is 46.6 Å². The van der Waals surface area contributed by atoms with E-state index in [9.17, 15) is 9.00 Å². The lowest BCUT2D eigenvalue weighted by Crippen LogP contribution is -2.35. The fourth-order valence-electron chi connectivity index (χ4n) is 2.72. The van der Waals surface area contributed by atoms with Crippen LogP contribution in [-0.4, -0.2) is 22.5 Å². The molecule has 3 rings (SSSR count). The Balaban J connectivity index is 1.45. The van der Waals surface area contributed by atoms with Crippen LogP contribution in [0.2, 0.25) is 0 Å². The van der Waals surface area contributed by atoms with Gasteiger partial charge in [0.2, 0.25) is 0 Å². The van der Waals surface area contributed by atoms with Crippen molar-refractivity contribution in [3.05, 3.63) is 60.2 Å². The van der Waals surface area contributed by atoms with Crippen LogP contribution in [0.3, 0.4) is 0 Å². The molecule has 0 bridgehead atoms. The van der Waals surface area contributed by atoms with Gasteiger partial charge in [-0.05, 0) is 43.0 Å². The number of hydroxylamine groups is 1. The summed E-state index contributed by atoms with van der Waals surface area (Å²) in [6.07, 6.45) is 2.82. The Morgan fingerprint density at radius 2 is 1.71 bits per heavy atom. The summed E-state index contributed by atoms with van der Waals surface area (Å²) in [5.41, 5.74) is 1.99. The molecule has 1 unspecified atom stereocenters. The molecule has 126 valence electrons. The Morgan fingerprint density at radius 1 is 0.958 bits per heavy atom. The molecule has 0 N–H and O–H groups in total. The molecule has 0 saturated heterocycles. The zero-order chi connectivity index (χ0) is 16.8. The van der Waals surface area contributed by atoms with Gasteiger partial charge in [-0.3, -0.25) is 13.8 Å². The van der Waals surface area contributed by atoms with Gasteiger partial charge in [0.1, 0.15) is 0 Å². The summed E-state index contributed by atoms with van der Waals surface area (Å²) in [5.74, 6) is 0.610. The van der Waals surface area contributed by atoms with E-state index in [2.05, 4.69) is 0 Å². The molecule has 0 aliphatic carbocycles. The smallest absolute Gasteiger partial charge is 0.251 e. The number of unbranched alkanes of at least 4 members (excludes halogenated alkanes) is 1. The number of hydrogen-bond donors (Lipinski definition) is 0. The summed E-state index contributed by atoms with van der Waals surface area (Å²) in [6, 6.07) is 17.3. The SMILES string of the molecule is O=C1CCc2ccccc2N1OCCCCS(=O)c1ccccc1. The second-order valence-corrected chi connectivity index (χ2v) is 7.29. The van der Waals surface area contributed by atoms with Crippen LogP contribution in [0, 0.1) is 0 Å². The minimum Gasteiger partial charge on any atom is -0.272 e. The van der Waals surface area contributed by atoms with Crippen LogP contribution >= 0.6 is 0 Å². The van der Waals surface area contributed by atoms with Crippen LogP contribution in [0.5, 0.6) is 0 Å². The highest BCUT2D eigenvalue weighted by molar-refractivity contribution is 7.85. The lowest BCUT2D eigenvalue weighted by Gasteiger charge is -2.28. The number of anilines is 1. The first kappa shape index (κ1) is 16.9. The molecule has 2 aromatic rings. The fourth-order valence-corrected chi connectivity index (χ4v) is 3.88. The van der Waals surface area contributed by atoms with Crippen LogP contribution in [0.25, 0.3) is 0 Å². The first-order valence-electron chi connectivity index (χ1n) is 8.23. The predicted molar refractivity (Wildman–Crippen MR) is 95.2 cm³/mol. The van der Waals surface area contributed by atoms with E-state index < -0.39 is 10.8 Å². The average molecular weight is 343 g/mol. The van der Waals surface area contributed by atoms with Gasteiger partial charge in [-0.25, -0.2) is 0 Å². The molecule has 24 heavy (non-hydrogen) atoms. The number of amides is 1. The third kappa shape index (κ3) is 4.10. The molecule has 0 saturated carbocycles. The van der Waals surface area contributed by atoms with E-state index in [1.54, 1.807) is 0 Å². The standard InChI is InChI=1S/C19H21NO3S/c21-19-13-12-16-8-4-5-11-18(16)20(19)23-14-6-7-15-24(22)17-9-2-1-3-10-17/h1-5,8-11H,6-7,12-15H2. The highest BCUT2D eigenvalue weighted by Crippen LogP contribution is 2.27. The van der Waals surface area contributed by atoms with Crippen LogP contribution in [0.1, 0.15) is 24.8 Å². The summed E-state index contributed by atoms with van der Waals surface area (Å²) in [4.78, 5) is 18.6. The fraction of sp³-hybridized carbons (Fsp3) is 0.316. The third-order valence-electron chi connectivity index (χ3n) is 4.00. The number of rotatable bonds is 7. The highest BCUT2D eigenvalue weighted by atomic mass is 32.2. The first-order valence-corrected chi connectivity index (χ1v) is 9.55. The number of nitrogens with zero attached hydrogens (tertiary/aromatic N) is 1.